The molecular formula is C7H13ClO2. The van der Waals surface area contributed by atoms with Crippen molar-refractivity contribution >= 4 is 17.4 Å². The molecule has 0 aromatic rings. The van der Waals surface area contributed by atoms with E-state index in [0.29, 0.717) is 6.61 Å². The van der Waals surface area contributed by atoms with Gasteiger partial charge in [0.2, 0.25) is 0 Å². The smallest absolute Gasteiger partial charge is 0.189 e. The highest BCUT2D eigenvalue weighted by molar-refractivity contribution is 6.29. The molecule has 0 bridgehead atoms. The Morgan fingerprint density at radius 1 is 1.70 bits per heavy atom. The van der Waals surface area contributed by atoms with Gasteiger partial charge in [0.05, 0.1) is 0 Å². The zero-order valence-electron chi connectivity index (χ0n) is 6.39. The first-order valence-corrected chi connectivity index (χ1v) is 3.88. The van der Waals surface area contributed by atoms with Crippen LogP contribution in [0.2, 0.25) is 0 Å². The van der Waals surface area contributed by atoms with Crippen molar-refractivity contribution in [3.8, 4) is 0 Å². The quantitative estimate of drug-likeness (QED) is 0.459. The van der Waals surface area contributed by atoms with Crippen LogP contribution in [0, 0.1) is 0 Å². The highest BCUT2D eigenvalue weighted by atomic mass is 35.5. The maximum absolute atomic E-state index is 10.5. The van der Waals surface area contributed by atoms with Gasteiger partial charge in [-0.3, -0.25) is 4.79 Å². The van der Waals surface area contributed by atoms with E-state index < -0.39 is 5.56 Å². The summed E-state index contributed by atoms with van der Waals surface area (Å²) in [5.41, 5.74) is -0.744. The largest absolute Gasteiger partial charge is 0.355 e. The van der Waals surface area contributed by atoms with E-state index in [-0.39, 0.29) is 5.78 Å². The third kappa shape index (κ3) is 4.77. The molecule has 2 nitrogen and oxygen atoms in total. The topological polar surface area (TPSA) is 26.3 Å². The normalized spacial score (nSPS) is 13.1. The first kappa shape index (κ1) is 9.92. The maximum atomic E-state index is 10.5. The van der Waals surface area contributed by atoms with Gasteiger partial charge >= 0.3 is 0 Å². The molecule has 0 aliphatic rings. The molecule has 0 spiro atoms. The number of ether oxygens (including phenoxy) is 1. The van der Waals surface area contributed by atoms with Crippen LogP contribution < -0.4 is 0 Å². The van der Waals surface area contributed by atoms with Crippen molar-refractivity contribution in [2.75, 3.05) is 6.61 Å². The number of hydrogen-bond acceptors (Lipinski definition) is 2. The van der Waals surface area contributed by atoms with Gasteiger partial charge in [-0.2, -0.15) is 0 Å². The van der Waals surface area contributed by atoms with Crippen LogP contribution in [0.25, 0.3) is 0 Å². The van der Waals surface area contributed by atoms with E-state index in [1.54, 1.807) is 0 Å². The predicted molar refractivity (Wildman–Crippen MR) is 41.2 cm³/mol. The Labute approximate surface area is 66.5 Å². The summed E-state index contributed by atoms with van der Waals surface area (Å²) in [6, 6.07) is 0. The van der Waals surface area contributed by atoms with Crippen molar-refractivity contribution in [2.45, 2.75) is 32.3 Å². The molecule has 60 valence electrons. The molecule has 0 amide bonds. The van der Waals surface area contributed by atoms with Gasteiger partial charge in [-0.25, -0.2) is 0 Å². The van der Waals surface area contributed by atoms with Crippen LogP contribution in [0.3, 0.4) is 0 Å². The second kappa shape index (κ2) is 5.69. The van der Waals surface area contributed by atoms with Crippen LogP contribution in [0.1, 0.15) is 26.7 Å². The van der Waals surface area contributed by atoms with E-state index in [9.17, 15) is 4.79 Å². The molecule has 0 rings (SSSR count). The van der Waals surface area contributed by atoms with Gasteiger partial charge in [0, 0.05) is 6.61 Å². The van der Waals surface area contributed by atoms with Crippen molar-refractivity contribution in [2.24, 2.45) is 0 Å². The summed E-state index contributed by atoms with van der Waals surface area (Å²) in [5, 5.41) is 0. The first-order valence-electron chi connectivity index (χ1n) is 3.44. The Hall–Kier alpha value is -0.0800. The predicted octanol–water partition coefficient (Wildman–Crippen LogP) is 1.96. The number of halogens is 1. The molecule has 0 aromatic heterocycles. The van der Waals surface area contributed by atoms with E-state index in [1.807, 2.05) is 0 Å². The Morgan fingerprint density at radius 2 is 2.30 bits per heavy atom. The number of ketones is 1. The van der Waals surface area contributed by atoms with E-state index in [4.69, 9.17) is 16.3 Å². The summed E-state index contributed by atoms with van der Waals surface area (Å²) in [4.78, 5) is 10.5. The van der Waals surface area contributed by atoms with Crippen LogP contribution in [0.5, 0.6) is 0 Å². The molecule has 0 heterocycles. The minimum atomic E-state index is -0.744. The molecule has 0 aromatic carbocycles. The van der Waals surface area contributed by atoms with Gasteiger partial charge in [-0.15, -0.1) is 0 Å². The van der Waals surface area contributed by atoms with Crippen molar-refractivity contribution < 1.29 is 9.53 Å². The Morgan fingerprint density at radius 3 is 2.70 bits per heavy atom. The van der Waals surface area contributed by atoms with Gasteiger partial charge in [-0.05, 0) is 13.3 Å². The van der Waals surface area contributed by atoms with Gasteiger partial charge in [-0.1, -0.05) is 24.9 Å². The molecule has 0 aliphatic heterocycles. The highest BCUT2D eigenvalue weighted by Crippen LogP contribution is 2.00. The molecule has 0 aliphatic carbocycles. The minimum absolute atomic E-state index is 0.127. The minimum Gasteiger partial charge on any atom is -0.355 e. The Bertz CT molecular complexity index is 104. The fraction of sp³-hybridized carbons (Fsp3) is 0.857. The van der Waals surface area contributed by atoms with Gasteiger partial charge < -0.3 is 4.74 Å². The van der Waals surface area contributed by atoms with E-state index >= 15 is 0 Å². The number of hydrogen-bond donors (Lipinski definition) is 0. The van der Waals surface area contributed by atoms with Crippen molar-refractivity contribution in [1.82, 2.24) is 0 Å². The summed E-state index contributed by atoms with van der Waals surface area (Å²) >= 11 is 5.48. The number of rotatable bonds is 5. The van der Waals surface area contributed by atoms with Crippen molar-refractivity contribution in [1.29, 1.82) is 0 Å². The number of carbonyl (C=O) groups excluding carboxylic acids is 1. The highest BCUT2D eigenvalue weighted by Gasteiger charge is 2.08. The fourth-order valence-electron chi connectivity index (χ4n) is 0.448. The lowest BCUT2D eigenvalue weighted by Crippen LogP contribution is -2.15. The van der Waals surface area contributed by atoms with Crippen LogP contribution >= 0.6 is 11.6 Å². The second-order valence-corrected chi connectivity index (χ2v) is 2.55. The molecule has 0 radical (unpaired) electrons. The number of Topliss-reactive ketones (excluding diaryl/α,β-unsaturated/α-hetero) is 1. The number of carbonyl (C=O) groups is 1. The third-order valence-electron chi connectivity index (χ3n) is 1.08. The fourth-order valence-corrected chi connectivity index (χ4v) is 0.538. The molecule has 3 heteroatoms. The summed E-state index contributed by atoms with van der Waals surface area (Å²) in [7, 11) is 0. The third-order valence-corrected chi connectivity index (χ3v) is 1.51. The monoisotopic (exact) mass is 164 g/mol. The van der Waals surface area contributed by atoms with E-state index in [0.717, 1.165) is 12.8 Å². The lowest BCUT2D eigenvalue weighted by molar-refractivity contribution is -0.123. The summed E-state index contributed by atoms with van der Waals surface area (Å²) < 4.78 is 4.96. The second-order valence-electron chi connectivity index (χ2n) is 2.15. The van der Waals surface area contributed by atoms with Gasteiger partial charge in [0.25, 0.3) is 0 Å². The SMILES string of the molecule is CCCCOC(Cl)C(C)=O. The van der Waals surface area contributed by atoms with Crippen LogP contribution in [0.4, 0.5) is 0 Å². The van der Waals surface area contributed by atoms with E-state index in [1.165, 1.54) is 6.92 Å². The Kier molecular flexibility index (Phi) is 5.64. The zero-order valence-corrected chi connectivity index (χ0v) is 7.15. The van der Waals surface area contributed by atoms with E-state index in [2.05, 4.69) is 6.92 Å². The molecule has 1 unspecified atom stereocenters. The molecule has 1 atom stereocenters. The standard InChI is InChI=1S/C7H13ClO2/c1-3-4-5-10-7(8)6(2)9/h7H,3-5H2,1-2H3. The van der Waals surface area contributed by atoms with Crippen LogP contribution in [-0.4, -0.2) is 18.0 Å². The molecule has 0 N–H and O–H groups in total. The molecule has 0 saturated carbocycles. The summed E-state index contributed by atoms with van der Waals surface area (Å²) in [5.74, 6) is -0.127. The van der Waals surface area contributed by atoms with Gasteiger partial charge in [0.1, 0.15) is 0 Å². The average Bonchev–Trinajstić information content (AvgIpc) is 1.88. The molecular weight excluding hydrogens is 152 g/mol. The lowest BCUT2D eigenvalue weighted by Gasteiger charge is -2.05. The van der Waals surface area contributed by atoms with Crippen molar-refractivity contribution in [3.63, 3.8) is 0 Å². The lowest BCUT2D eigenvalue weighted by atomic mass is 10.4. The molecule has 10 heavy (non-hydrogen) atoms. The molecule has 0 saturated heterocycles. The summed E-state index contributed by atoms with van der Waals surface area (Å²) in [6.07, 6.45) is 2.01. The zero-order chi connectivity index (χ0) is 7.98. The first-order chi connectivity index (χ1) is 4.68. The van der Waals surface area contributed by atoms with Gasteiger partial charge in [0.15, 0.2) is 11.3 Å². The number of alkyl halides is 1. The molecule has 0 fully saturated rings. The van der Waals surface area contributed by atoms with Crippen LogP contribution in [0.15, 0.2) is 0 Å². The summed E-state index contributed by atoms with van der Waals surface area (Å²) in [6.45, 7) is 4.05. The average molecular weight is 165 g/mol. The van der Waals surface area contributed by atoms with Crippen LogP contribution in [-0.2, 0) is 9.53 Å². The van der Waals surface area contributed by atoms with Crippen molar-refractivity contribution in [3.05, 3.63) is 0 Å². The Balaban J connectivity index is 3.21. The maximum Gasteiger partial charge on any atom is 0.189 e. The number of unbranched alkanes of at least 4 members (excludes halogenated alkanes) is 1.